The Labute approximate surface area is 106 Å². The molecule has 0 rings (SSSR count). The van der Waals surface area contributed by atoms with Crippen LogP contribution in [0.3, 0.4) is 0 Å². The van der Waals surface area contributed by atoms with Gasteiger partial charge in [-0.25, -0.2) is 0 Å². The first-order chi connectivity index (χ1) is 8.24. The summed E-state index contributed by atoms with van der Waals surface area (Å²) < 4.78 is 0. The van der Waals surface area contributed by atoms with Crippen molar-refractivity contribution < 1.29 is 10.2 Å². The lowest BCUT2D eigenvalue weighted by atomic mass is 10.2. The normalized spacial score (nSPS) is 13.6. The van der Waals surface area contributed by atoms with Gasteiger partial charge in [0.15, 0.2) is 0 Å². The lowest BCUT2D eigenvalue weighted by Gasteiger charge is -2.38. The lowest BCUT2D eigenvalue weighted by molar-refractivity contribution is 0.0373. The molecule has 1 unspecified atom stereocenters. The molecule has 4 heteroatoms. The number of rotatable bonds is 11. The van der Waals surface area contributed by atoms with E-state index in [0.29, 0.717) is 6.17 Å². The van der Waals surface area contributed by atoms with Gasteiger partial charge in [-0.1, -0.05) is 20.8 Å². The van der Waals surface area contributed by atoms with Gasteiger partial charge < -0.3 is 10.2 Å². The zero-order valence-electron chi connectivity index (χ0n) is 11.7. The molecule has 0 saturated heterocycles. The van der Waals surface area contributed by atoms with E-state index in [1.807, 2.05) is 0 Å². The van der Waals surface area contributed by atoms with Gasteiger partial charge >= 0.3 is 0 Å². The molecule has 0 aromatic rings. The second kappa shape index (κ2) is 11.0. The maximum atomic E-state index is 8.96. The largest absolute Gasteiger partial charge is 0.396 e. The zero-order chi connectivity index (χ0) is 13.1. The van der Waals surface area contributed by atoms with Crippen LogP contribution in [0.15, 0.2) is 0 Å². The molecule has 1 atom stereocenters. The first-order valence-electron chi connectivity index (χ1n) is 6.94. The minimum absolute atomic E-state index is 0.240. The maximum Gasteiger partial charge on any atom is 0.0619 e. The summed E-state index contributed by atoms with van der Waals surface area (Å²) in [5.74, 6) is 0. The van der Waals surface area contributed by atoms with Crippen LogP contribution in [0.25, 0.3) is 0 Å². The summed E-state index contributed by atoms with van der Waals surface area (Å²) in [6, 6.07) is 0. The molecule has 0 aliphatic carbocycles. The Bertz CT molecular complexity index is 155. The second-order valence-corrected chi connectivity index (χ2v) is 4.30. The summed E-state index contributed by atoms with van der Waals surface area (Å²) in [4.78, 5) is 4.83. The van der Waals surface area contributed by atoms with Crippen LogP contribution in [-0.2, 0) is 0 Å². The van der Waals surface area contributed by atoms with Crippen molar-refractivity contribution in [1.29, 1.82) is 0 Å². The van der Waals surface area contributed by atoms with Crippen molar-refractivity contribution in [3.63, 3.8) is 0 Å². The molecule has 17 heavy (non-hydrogen) atoms. The highest BCUT2D eigenvalue weighted by molar-refractivity contribution is 4.71. The first kappa shape index (κ1) is 16.8. The molecule has 0 aliphatic rings. The number of aliphatic hydroxyl groups is 2. The molecule has 0 saturated carbocycles. The van der Waals surface area contributed by atoms with E-state index in [-0.39, 0.29) is 13.2 Å². The van der Waals surface area contributed by atoms with Gasteiger partial charge in [-0.15, -0.1) is 0 Å². The summed E-state index contributed by atoms with van der Waals surface area (Å²) in [7, 11) is 0. The Morgan fingerprint density at radius 2 is 1.29 bits per heavy atom. The third-order valence-corrected chi connectivity index (χ3v) is 3.23. The van der Waals surface area contributed by atoms with Crippen molar-refractivity contribution >= 4 is 0 Å². The summed E-state index contributed by atoms with van der Waals surface area (Å²) >= 11 is 0. The molecule has 0 spiro atoms. The molecule has 0 aromatic heterocycles. The minimum Gasteiger partial charge on any atom is -0.396 e. The van der Waals surface area contributed by atoms with Crippen LogP contribution in [0.4, 0.5) is 0 Å². The third kappa shape index (κ3) is 6.36. The highest BCUT2D eigenvalue weighted by Crippen LogP contribution is 2.11. The highest BCUT2D eigenvalue weighted by Gasteiger charge is 2.20. The van der Waals surface area contributed by atoms with E-state index in [0.717, 1.165) is 45.4 Å². The van der Waals surface area contributed by atoms with E-state index in [2.05, 4.69) is 30.6 Å². The maximum absolute atomic E-state index is 8.96. The summed E-state index contributed by atoms with van der Waals surface area (Å²) in [5.41, 5.74) is 0. The van der Waals surface area contributed by atoms with E-state index in [1.54, 1.807) is 0 Å². The molecule has 0 aromatic carbocycles. The minimum atomic E-state index is 0.240. The third-order valence-electron chi connectivity index (χ3n) is 3.23. The number of hydrogen-bond donors (Lipinski definition) is 2. The van der Waals surface area contributed by atoms with Crippen LogP contribution in [0, 0.1) is 0 Å². The van der Waals surface area contributed by atoms with Crippen LogP contribution in [0.1, 0.15) is 40.0 Å². The van der Waals surface area contributed by atoms with Crippen molar-refractivity contribution in [2.75, 3.05) is 39.4 Å². The Balaban J connectivity index is 4.45. The van der Waals surface area contributed by atoms with Gasteiger partial charge in [0.2, 0.25) is 0 Å². The van der Waals surface area contributed by atoms with Crippen LogP contribution in [-0.4, -0.2) is 65.6 Å². The smallest absolute Gasteiger partial charge is 0.0619 e. The van der Waals surface area contributed by atoms with Crippen molar-refractivity contribution in [2.45, 2.75) is 46.2 Å². The van der Waals surface area contributed by atoms with Crippen LogP contribution in [0.2, 0.25) is 0 Å². The van der Waals surface area contributed by atoms with Crippen molar-refractivity contribution in [1.82, 2.24) is 9.80 Å². The predicted molar refractivity (Wildman–Crippen MR) is 72.0 cm³/mol. The molecule has 0 amide bonds. The second-order valence-electron chi connectivity index (χ2n) is 4.30. The van der Waals surface area contributed by atoms with Gasteiger partial charge in [0.05, 0.1) is 6.17 Å². The fourth-order valence-corrected chi connectivity index (χ4v) is 2.35. The Kier molecular flexibility index (Phi) is 10.9. The van der Waals surface area contributed by atoms with E-state index in [4.69, 9.17) is 10.2 Å². The van der Waals surface area contributed by atoms with Gasteiger partial charge in [0.1, 0.15) is 0 Å². The standard InChI is InChI=1S/C13H30N2O2/c1-4-13(14(5-2)6-3)15(9-7-11-16)10-8-12-17/h13,16-17H,4-12H2,1-3H3. The first-order valence-corrected chi connectivity index (χ1v) is 6.94. The molecular weight excluding hydrogens is 216 g/mol. The number of nitrogens with zero attached hydrogens (tertiary/aromatic N) is 2. The molecule has 104 valence electrons. The van der Waals surface area contributed by atoms with E-state index >= 15 is 0 Å². The predicted octanol–water partition coefficient (Wildman–Crippen LogP) is 1.13. The molecule has 0 radical (unpaired) electrons. The number of hydrogen-bond acceptors (Lipinski definition) is 4. The van der Waals surface area contributed by atoms with Gasteiger partial charge in [-0.2, -0.15) is 0 Å². The fraction of sp³-hybridized carbons (Fsp3) is 1.00. The molecule has 0 bridgehead atoms. The molecule has 4 nitrogen and oxygen atoms in total. The van der Waals surface area contributed by atoms with Crippen molar-refractivity contribution in [2.24, 2.45) is 0 Å². The van der Waals surface area contributed by atoms with E-state index in [1.165, 1.54) is 0 Å². The van der Waals surface area contributed by atoms with Crippen LogP contribution >= 0.6 is 0 Å². The topological polar surface area (TPSA) is 46.9 Å². The van der Waals surface area contributed by atoms with Crippen LogP contribution in [0.5, 0.6) is 0 Å². The molecule has 0 heterocycles. The molecule has 0 aliphatic heterocycles. The van der Waals surface area contributed by atoms with Crippen LogP contribution < -0.4 is 0 Å². The van der Waals surface area contributed by atoms with E-state index < -0.39 is 0 Å². The molecule has 2 N–H and O–H groups in total. The highest BCUT2D eigenvalue weighted by atomic mass is 16.3. The van der Waals surface area contributed by atoms with Crippen molar-refractivity contribution in [3.05, 3.63) is 0 Å². The van der Waals surface area contributed by atoms with Gasteiger partial charge in [-0.05, 0) is 32.4 Å². The Morgan fingerprint density at radius 1 is 0.824 bits per heavy atom. The molecular formula is C13H30N2O2. The monoisotopic (exact) mass is 246 g/mol. The molecule has 0 fully saturated rings. The van der Waals surface area contributed by atoms with Gasteiger partial charge in [-0.3, -0.25) is 9.80 Å². The van der Waals surface area contributed by atoms with Gasteiger partial charge in [0.25, 0.3) is 0 Å². The van der Waals surface area contributed by atoms with Gasteiger partial charge in [0, 0.05) is 26.3 Å². The van der Waals surface area contributed by atoms with Crippen molar-refractivity contribution in [3.8, 4) is 0 Å². The zero-order valence-corrected chi connectivity index (χ0v) is 11.7. The average molecular weight is 246 g/mol. The van der Waals surface area contributed by atoms with E-state index in [9.17, 15) is 0 Å². The quantitative estimate of drug-likeness (QED) is 0.537. The summed E-state index contributed by atoms with van der Waals surface area (Å²) in [6.07, 6.45) is 3.13. The summed E-state index contributed by atoms with van der Waals surface area (Å²) in [5, 5.41) is 17.9. The number of aliphatic hydroxyl groups excluding tert-OH is 2. The SMILES string of the molecule is CCC(N(CC)CC)N(CCCO)CCCO. The Morgan fingerprint density at radius 3 is 1.59 bits per heavy atom. The summed E-state index contributed by atoms with van der Waals surface area (Å²) in [6.45, 7) is 11.0. The lowest BCUT2D eigenvalue weighted by Crippen LogP contribution is -2.49. The average Bonchev–Trinajstić information content (AvgIpc) is 2.37. The fourth-order valence-electron chi connectivity index (χ4n) is 2.35. The Hall–Kier alpha value is -0.160.